The summed E-state index contributed by atoms with van der Waals surface area (Å²) in [6.45, 7) is 6.69. The molecule has 268 valence electrons. The van der Waals surface area contributed by atoms with Crippen LogP contribution in [0.5, 0.6) is 0 Å². The van der Waals surface area contributed by atoms with E-state index in [9.17, 15) is 14.7 Å². The number of hydrogen-bond donors (Lipinski definition) is 3. The van der Waals surface area contributed by atoms with Gasteiger partial charge in [0.2, 0.25) is 14.3 Å². The Hall–Kier alpha value is -3.94. The number of ether oxygens (including phenoxy) is 1. The molecule has 13 heteroatoms. The second-order valence-corrected chi connectivity index (χ2v) is 18.7. The smallest absolute Gasteiger partial charge is 0.264 e. The van der Waals surface area contributed by atoms with Gasteiger partial charge in [-0.25, -0.2) is 0 Å². The minimum atomic E-state index is -3.38. The number of anilines is 2. The molecule has 1 spiro atoms. The second kappa shape index (κ2) is 14.2. The quantitative estimate of drug-likeness (QED) is 0.125. The molecular weight excluding hydrogens is 687 g/mol. The SMILES string of the molecule is C[C@H]1[C@H]([Si](C)(C)F)[C@@H](CCn2cc(C(CO)c3ccccc3)nn2)O[C@]12C(=O)N(Cc1ccc(NC(=O)[C@H]3CCCN3)cc1)c1ccc(Cl)cc12. The van der Waals surface area contributed by atoms with E-state index in [0.717, 1.165) is 30.5 Å². The van der Waals surface area contributed by atoms with Crippen LogP contribution in [0.15, 0.2) is 79.0 Å². The number of benzene rings is 3. The van der Waals surface area contributed by atoms with Crippen LogP contribution >= 0.6 is 11.6 Å². The number of carbonyl (C=O) groups excluding carboxylic acids is 2. The first-order valence-corrected chi connectivity index (χ1v) is 21.0. The molecule has 0 saturated carbocycles. The van der Waals surface area contributed by atoms with Gasteiger partial charge >= 0.3 is 0 Å². The summed E-state index contributed by atoms with van der Waals surface area (Å²) in [5, 5.41) is 25.5. The number of amides is 2. The van der Waals surface area contributed by atoms with Crippen LogP contribution in [0.25, 0.3) is 0 Å². The molecule has 7 rings (SSSR count). The van der Waals surface area contributed by atoms with Crippen LogP contribution in [-0.2, 0) is 33.0 Å². The highest BCUT2D eigenvalue weighted by Crippen LogP contribution is 2.60. The largest absolute Gasteiger partial charge is 0.395 e. The summed E-state index contributed by atoms with van der Waals surface area (Å²) >= 11 is 6.56. The Morgan fingerprint density at radius 1 is 1.18 bits per heavy atom. The lowest BCUT2D eigenvalue weighted by Crippen LogP contribution is -2.45. The van der Waals surface area contributed by atoms with Crippen molar-refractivity contribution in [1.29, 1.82) is 0 Å². The Morgan fingerprint density at radius 3 is 2.63 bits per heavy atom. The number of nitrogens with zero attached hydrogens (tertiary/aromatic N) is 4. The molecule has 3 aliphatic heterocycles. The van der Waals surface area contributed by atoms with Gasteiger partial charge < -0.3 is 29.5 Å². The molecule has 3 N–H and O–H groups in total. The Bertz CT molecular complexity index is 1880. The lowest BCUT2D eigenvalue weighted by molar-refractivity contribution is -0.146. The van der Waals surface area contributed by atoms with E-state index in [-0.39, 0.29) is 36.9 Å². The zero-order chi connectivity index (χ0) is 35.9. The highest BCUT2D eigenvalue weighted by molar-refractivity contribution is 6.72. The second-order valence-electron chi connectivity index (χ2n) is 14.5. The summed E-state index contributed by atoms with van der Waals surface area (Å²) in [5.41, 5.74) is 2.60. The minimum absolute atomic E-state index is 0.0515. The van der Waals surface area contributed by atoms with E-state index < -0.39 is 31.6 Å². The molecular formula is C38H44ClFN6O4Si. The zero-order valence-corrected chi connectivity index (χ0v) is 30.8. The normalized spacial score (nSPS) is 25.1. The molecule has 4 heterocycles. The van der Waals surface area contributed by atoms with Crippen molar-refractivity contribution in [2.45, 2.75) is 81.6 Å². The van der Waals surface area contributed by atoms with Gasteiger partial charge in [0.15, 0.2) is 5.60 Å². The fraction of sp³-hybridized carbons (Fsp3) is 0.421. The van der Waals surface area contributed by atoms with Gasteiger partial charge in [-0.1, -0.05) is 66.2 Å². The van der Waals surface area contributed by atoms with E-state index in [1.807, 2.05) is 73.8 Å². The molecule has 3 aliphatic rings. The molecule has 6 atom stereocenters. The van der Waals surface area contributed by atoms with Crippen molar-refractivity contribution in [2.75, 3.05) is 23.4 Å². The summed E-state index contributed by atoms with van der Waals surface area (Å²) < 4.78 is 25.0. The van der Waals surface area contributed by atoms with Crippen LogP contribution in [0.1, 0.15) is 54.5 Å². The van der Waals surface area contributed by atoms with Crippen molar-refractivity contribution in [1.82, 2.24) is 20.3 Å². The number of aliphatic hydroxyl groups is 1. The predicted molar refractivity (Wildman–Crippen MR) is 197 cm³/mol. The number of aryl methyl sites for hydroxylation is 1. The summed E-state index contributed by atoms with van der Waals surface area (Å²) in [7, 11) is -3.38. The number of fused-ring (bicyclic) bond motifs is 2. The number of carbonyl (C=O) groups is 2. The average molecular weight is 731 g/mol. The molecule has 0 radical (unpaired) electrons. The van der Waals surface area contributed by atoms with Crippen LogP contribution in [-0.4, -0.2) is 65.6 Å². The number of hydrogen-bond acceptors (Lipinski definition) is 7. The van der Waals surface area contributed by atoms with Gasteiger partial charge in [-0.05, 0) is 80.4 Å². The van der Waals surface area contributed by atoms with Crippen LogP contribution in [0.2, 0.25) is 23.7 Å². The third-order valence-electron chi connectivity index (χ3n) is 10.8. The Kier molecular flexibility index (Phi) is 9.89. The van der Waals surface area contributed by atoms with Crippen molar-refractivity contribution in [3.63, 3.8) is 0 Å². The number of rotatable bonds is 11. The van der Waals surface area contributed by atoms with Crippen LogP contribution < -0.4 is 15.5 Å². The van der Waals surface area contributed by atoms with Crippen LogP contribution in [0, 0.1) is 5.92 Å². The first kappa shape index (κ1) is 35.5. The van der Waals surface area contributed by atoms with Gasteiger partial charge in [-0.3, -0.25) is 14.3 Å². The molecule has 0 aliphatic carbocycles. The molecule has 2 saturated heterocycles. The molecule has 1 unspecified atom stereocenters. The fourth-order valence-corrected chi connectivity index (χ4v) is 11.1. The Morgan fingerprint density at radius 2 is 1.94 bits per heavy atom. The van der Waals surface area contributed by atoms with Crippen molar-refractivity contribution < 1.29 is 23.5 Å². The van der Waals surface area contributed by atoms with Crippen molar-refractivity contribution in [2.24, 2.45) is 5.92 Å². The monoisotopic (exact) mass is 730 g/mol. The van der Waals surface area contributed by atoms with Gasteiger partial charge in [0, 0.05) is 40.5 Å². The van der Waals surface area contributed by atoms with Gasteiger partial charge in [0.25, 0.3) is 5.91 Å². The minimum Gasteiger partial charge on any atom is -0.395 e. The molecule has 2 fully saturated rings. The van der Waals surface area contributed by atoms with E-state index in [1.165, 1.54) is 0 Å². The summed E-state index contributed by atoms with van der Waals surface area (Å²) in [6.07, 6.45) is 3.47. The summed E-state index contributed by atoms with van der Waals surface area (Å²) in [5.74, 6) is -1.07. The summed E-state index contributed by atoms with van der Waals surface area (Å²) in [4.78, 5) is 29.1. The molecule has 3 aromatic carbocycles. The highest BCUT2D eigenvalue weighted by Gasteiger charge is 2.66. The molecule has 1 aromatic heterocycles. The van der Waals surface area contributed by atoms with E-state index in [1.54, 1.807) is 34.8 Å². The third-order valence-corrected chi connectivity index (χ3v) is 13.5. The molecule has 10 nitrogen and oxygen atoms in total. The Labute approximate surface area is 303 Å². The van der Waals surface area contributed by atoms with Gasteiger partial charge in [0.1, 0.15) is 0 Å². The maximum absolute atomic E-state index is 16.4. The van der Waals surface area contributed by atoms with Crippen LogP contribution in [0.3, 0.4) is 0 Å². The van der Waals surface area contributed by atoms with E-state index in [2.05, 4.69) is 20.9 Å². The lowest BCUT2D eigenvalue weighted by Gasteiger charge is -2.31. The summed E-state index contributed by atoms with van der Waals surface area (Å²) in [6, 6.07) is 22.4. The molecule has 2 amide bonds. The first-order valence-electron chi connectivity index (χ1n) is 17.7. The topological polar surface area (TPSA) is 122 Å². The van der Waals surface area contributed by atoms with Gasteiger partial charge in [-0.2, -0.15) is 0 Å². The zero-order valence-electron chi connectivity index (χ0n) is 29.1. The lowest BCUT2D eigenvalue weighted by atomic mass is 9.82. The fourth-order valence-electron chi connectivity index (χ4n) is 8.36. The maximum Gasteiger partial charge on any atom is 0.264 e. The third kappa shape index (κ3) is 6.75. The number of nitrogens with one attached hydrogen (secondary N) is 2. The van der Waals surface area contributed by atoms with E-state index >= 15 is 4.11 Å². The van der Waals surface area contributed by atoms with E-state index in [0.29, 0.717) is 40.6 Å². The van der Waals surface area contributed by atoms with E-state index in [4.69, 9.17) is 16.3 Å². The van der Waals surface area contributed by atoms with Gasteiger partial charge in [-0.15, -0.1) is 5.10 Å². The first-order chi connectivity index (χ1) is 24.5. The maximum atomic E-state index is 16.4. The van der Waals surface area contributed by atoms with Gasteiger partial charge in [0.05, 0.1) is 42.6 Å². The van der Waals surface area contributed by atoms with Crippen molar-refractivity contribution in [3.8, 4) is 0 Å². The number of aliphatic hydroxyl groups excluding tert-OH is 1. The number of halogens is 2. The van der Waals surface area contributed by atoms with Crippen molar-refractivity contribution >= 4 is 43.2 Å². The Balaban J connectivity index is 1.12. The van der Waals surface area contributed by atoms with Crippen molar-refractivity contribution in [3.05, 3.63) is 106 Å². The molecule has 4 aromatic rings. The molecule has 0 bridgehead atoms. The average Bonchev–Trinajstić information content (AvgIpc) is 3.91. The molecule has 51 heavy (non-hydrogen) atoms. The number of aromatic nitrogens is 3. The standard InChI is InChI=1S/C38H44ClFN6O4Si/c1-24-35(51(2,3)40)34(17-19-45-22-32(43-44-45)29(23-47)26-8-5-4-6-9-26)50-38(24)30-20-27(39)13-16-33(30)46(37(38)49)21-25-11-14-28(15-12-25)42-36(48)31-10-7-18-41-31/h4-6,8-9,11-16,20,22,24,29,31,34-35,41,47H,7,10,17-19,21,23H2,1-3H3,(H,42,48)/t24-,29?,31+,34+,35-,38+/m0/s1. The van der Waals surface area contributed by atoms with Crippen LogP contribution in [0.4, 0.5) is 15.5 Å². The highest BCUT2D eigenvalue weighted by atomic mass is 35.5. The predicted octanol–water partition coefficient (Wildman–Crippen LogP) is 6.16.